The average Bonchev–Trinajstić information content (AvgIpc) is 2.89. The molecule has 2 rings (SSSR count). The number of thiocarbonyl (C=S) groups is 1. The van der Waals surface area contributed by atoms with Gasteiger partial charge in [-0.05, 0) is 76.7 Å². The minimum absolute atomic E-state index is 0.197. The molecule has 20 heavy (non-hydrogen) atoms. The summed E-state index contributed by atoms with van der Waals surface area (Å²) in [6.45, 7) is 4.07. The molecule has 0 radical (unpaired) electrons. The first-order valence-corrected chi connectivity index (χ1v) is 7.98. The minimum atomic E-state index is -0.197. The molecule has 0 saturated carbocycles. The number of carbonyl (C=O) groups is 1. The van der Waals surface area contributed by atoms with Crippen LogP contribution in [0.1, 0.15) is 20.8 Å². The second-order valence-corrected chi connectivity index (χ2v) is 6.51. The van der Waals surface area contributed by atoms with Gasteiger partial charge in [0.05, 0.1) is 10.6 Å². The van der Waals surface area contributed by atoms with Gasteiger partial charge in [-0.25, -0.2) is 0 Å². The first kappa shape index (κ1) is 15.2. The molecule has 0 atom stereocenters. The van der Waals surface area contributed by atoms with E-state index in [1.807, 2.05) is 37.4 Å². The lowest BCUT2D eigenvalue weighted by atomic mass is 10.1. The van der Waals surface area contributed by atoms with E-state index in [1.54, 1.807) is 6.07 Å². The summed E-state index contributed by atoms with van der Waals surface area (Å²) in [7, 11) is 0. The number of halogens is 1. The van der Waals surface area contributed by atoms with E-state index in [0.717, 1.165) is 15.7 Å². The topological polar surface area (TPSA) is 41.1 Å². The highest BCUT2D eigenvalue weighted by atomic mass is 79.9. The first-order chi connectivity index (χ1) is 9.47. The number of carbonyl (C=O) groups excluding carboxylic acids is 1. The molecule has 0 aliphatic carbocycles. The molecule has 3 nitrogen and oxygen atoms in total. The van der Waals surface area contributed by atoms with Crippen molar-refractivity contribution in [3.05, 3.63) is 50.1 Å². The number of thiophene rings is 1. The molecular formula is C14H13BrN2OS2. The number of amides is 1. The molecule has 0 bridgehead atoms. The molecule has 1 amide bonds. The monoisotopic (exact) mass is 368 g/mol. The summed E-state index contributed by atoms with van der Waals surface area (Å²) < 4.78 is 0.910. The molecular weight excluding hydrogens is 356 g/mol. The van der Waals surface area contributed by atoms with Crippen LogP contribution in [0.2, 0.25) is 0 Å². The largest absolute Gasteiger partial charge is 0.331 e. The normalized spacial score (nSPS) is 10.2. The molecule has 1 aromatic carbocycles. The number of anilines is 1. The Morgan fingerprint density at radius 1 is 1.30 bits per heavy atom. The van der Waals surface area contributed by atoms with Gasteiger partial charge in [0.1, 0.15) is 0 Å². The number of aryl methyl sites for hydroxylation is 2. The molecule has 0 aliphatic heterocycles. The van der Waals surface area contributed by atoms with Crippen LogP contribution >= 0.6 is 39.5 Å². The number of nitrogens with one attached hydrogen (secondary N) is 2. The van der Waals surface area contributed by atoms with Crippen LogP contribution in [0.4, 0.5) is 5.69 Å². The van der Waals surface area contributed by atoms with Crippen molar-refractivity contribution in [2.24, 2.45) is 0 Å². The standard InChI is InChI=1S/C14H13BrN2OS2/c1-8-6-10(15)11(7-9(8)2)16-14(19)17-13(18)12-4-3-5-20-12/h3-7H,1-2H3,(H2,16,17,18,19). The summed E-state index contributed by atoms with van der Waals surface area (Å²) in [5.74, 6) is -0.197. The SMILES string of the molecule is Cc1cc(Br)c(NC(=S)NC(=O)c2cccs2)cc1C. The third-order valence-electron chi connectivity index (χ3n) is 2.80. The minimum Gasteiger partial charge on any atom is -0.331 e. The van der Waals surface area contributed by atoms with Crippen molar-refractivity contribution >= 4 is 56.2 Å². The molecule has 1 heterocycles. The molecule has 1 aromatic heterocycles. The highest BCUT2D eigenvalue weighted by Crippen LogP contribution is 2.26. The maximum atomic E-state index is 11.9. The van der Waals surface area contributed by atoms with E-state index in [-0.39, 0.29) is 11.0 Å². The van der Waals surface area contributed by atoms with Crippen molar-refractivity contribution in [1.82, 2.24) is 5.32 Å². The van der Waals surface area contributed by atoms with Crippen molar-refractivity contribution in [2.75, 3.05) is 5.32 Å². The zero-order chi connectivity index (χ0) is 14.7. The van der Waals surface area contributed by atoms with Crippen LogP contribution in [0, 0.1) is 13.8 Å². The van der Waals surface area contributed by atoms with E-state index >= 15 is 0 Å². The Balaban J connectivity index is 2.05. The fourth-order valence-corrected chi connectivity index (χ4v) is 2.98. The van der Waals surface area contributed by atoms with Gasteiger partial charge in [-0.2, -0.15) is 0 Å². The van der Waals surface area contributed by atoms with Crippen LogP contribution in [0.15, 0.2) is 34.1 Å². The maximum Gasteiger partial charge on any atom is 0.267 e. The van der Waals surface area contributed by atoms with Gasteiger partial charge >= 0.3 is 0 Å². The van der Waals surface area contributed by atoms with Crippen LogP contribution in [-0.4, -0.2) is 11.0 Å². The molecule has 104 valence electrons. The second-order valence-electron chi connectivity index (χ2n) is 4.30. The van der Waals surface area contributed by atoms with Crippen molar-refractivity contribution in [1.29, 1.82) is 0 Å². The van der Waals surface area contributed by atoms with E-state index < -0.39 is 0 Å². The molecule has 2 N–H and O–H groups in total. The number of rotatable bonds is 2. The third kappa shape index (κ3) is 3.65. The van der Waals surface area contributed by atoms with Gasteiger partial charge in [-0.3, -0.25) is 10.1 Å². The molecule has 0 saturated heterocycles. The summed E-state index contributed by atoms with van der Waals surface area (Å²) in [5, 5.41) is 7.83. The van der Waals surface area contributed by atoms with Crippen LogP contribution in [0.25, 0.3) is 0 Å². The molecule has 0 aliphatic rings. The summed E-state index contributed by atoms with van der Waals surface area (Å²) >= 11 is 10.0. The van der Waals surface area contributed by atoms with Crippen LogP contribution < -0.4 is 10.6 Å². The lowest BCUT2D eigenvalue weighted by Gasteiger charge is -2.12. The summed E-state index contributed by atoms with van der Waals surface area (Å²) in [6.07, 6.45) is 0. The van der Waals surface area contributed by atoms with Gasteiger partial charge in [0.15, 0.2) is 5.11 Å². The zero-order valence-electron chi connectivity index (χ0n) is 11.0. The Kier molecular flexibility index (Phi) is 4.91. The van der Waals surface area contributed by atoms with E-state index in [2.05, 4.69) is 26.6 Å². The van der Waals surface area contributed by atoms with Crippen molar-refractivity contribution in [3.8, 4) is 0 Å². The quantitative estimate of drug-likeness (QED) is 0.778. The van der Waals surface area contributed by atoms with Crippen LogP contribution in [0.3, 0.4) is 0 Å². The maximum absolute atomic E-state index is 11.9. The van der Waals surface area contributed by atoms with Crippen molar-refractivity contribution in [3.63, 3.8) is 0 Å². The predicted molar refractivity (Wildman–Crippen MR) is 91.6 cm³/mol. The van der Waals surface area contributed by atoms with Crippen molar-refractivity contribution in [2.45, 2.75) is 13.8 Å². The molecule has 6 heteroatoms. The predicted octanol–water partition coefficient (Wildman–Crippen LogP) is 4.25. The Labute approximate surface area is 135 Å². The third-order valence-corrected chi connectivity index (χ3v) is 4.53. The van der Waals surface area contributed by atoms with Crippen LogP contribution in [-0.2, 0) is 0 Å². The average molecular weight is 369 g/mol. The highest BCUT2D eigenvalue weighted by molar-refractivity contribution is 9.10. The Morgan fingerprint density at radius 2 is 2.00 bits per heavy atom. The van der Waals surface area contributed by atoms with Gasteiger partial charge in [0.25, 0.3) is 5.91 Å². The first-order valence-electron chi connectivity index (χ1n) is 5.90. The summed E-state index contributed by atoms with van der Waals surface area (Å²) in [4.78, 5) is 12.5. The van der Waals surface area contributed by atoms with Gasteiger partial charge in [0.2, 0.25) is 0 Å². The van der Waals surface area contributed by atoms with Gasteiger partial charge in [-0.1, -0.05) is 6.07 Å². The number of hydrogen-bond acceptors (Lipinski definition) is 3. The fraction of sp³-hybridized carbons (Fsp3) is 0.143. The van der Waals surface area contributed by atoms with E-state index in [4.69, 9.17) is 12.2 Å². The smallest absolute Gasteiger partial charge is 0.267 e. The Bertz CT molecular complexity index is 653. The van der Waals surface area contributed by atoms with Gasteiger partial charge in [-0.15, -0.1) is 11.3 Å². The Morgan fingerprint density at radius 3 is 2.65 bits per heavy atom. The fourth-order valence-electron chi connectivity index (χ4n) is 1.60. The van der Waals surface area contributed by atoms with E-state index in [9.17, 15) is 4.79 Å². The molecule has 0 fully saturated rings. The molecule has 2 aromatic rings. The van der Waals surface area contributed by atoms with E-state index in [1.165, 1.54) is 16.9 Å². The van der Waals surface area contributed by atoms with E-state index in [0.29, 0.717) is 4.88 Å². The highest BCUT2D eigenvalue weighted by Gasteiger charge is 2.10. The molecule has 0 unspecified atom stereocenters. The van der Waals surface area contributed by atoms with Gasteiger partial charge in [0, 0.05) is 4.47 Å². The number of hydrogen-bond donors (Lipinski definition) is 2. The van der Waals surface area contributed by atoms with Crippen molar-refractivity contribution < 1.29 is 4.79 Å². The lowest BCUT2D eigenvalue weighted by molar-refractivity contribution is 0.0981. The van der Waals surface area contributed by atoms with Gasteiger partial charge < -0.3 is 5.32 Å². The zero-order valence-corrected chi connectivity index (χ0v) is 14.2. The van der Waals surface area contributed by atoms with Crippen LogP contribution in [0.5, 0.6) is 0 Å². The summed E-state index contributed by atoms with van der Waals surface area (Å²) in [6, 6.07) is 7.59. The lowest BCUT2D eigenvalue weighted by Crippen LogP contribution is -2.33. The Hall–Kier alpha value is -1.24. The second kappa shape index (κ2) is 6.47. The summed E-state index contributed by atoms with van der Waals surface area (Å²) in [5.41, 5.74) is 3.18. The molecule has 0 spiro atoms. The number of benzene rings is 1.